The van der Waals surface area contributed by atoms with Crippen LogP contribution in [0.5, 0.6) is 0 Å². The molecular formula is C12H18N2S. The van der Waals surface area contributed by atoms with Gasteiger partial charge in [0.05, 0.1) is 10.7 Å². The molecule has 1 heterocycles. The van der Waals surface area contributed by atoms with Gasteiger partial charge in [0.15, 0.2) is 0 Å². The molecule has 1 aliphatic rings. The predicted molar refractivity (Wildman–Crippen MR) is 65.1 cm³/mol. The van der Waals surface area contributed by atoms with E-state index in [-0.39, 0.29) is 6.04 Å². The van der Waals surface area contributed by atoms with Crippen molar-refractivity contribution in [2.24, 2.45) is 5.73 Å². The summed E-state index contributed by atoms with van der Waals surface area (Å²) in [6.07, 6.45) is 8.24. The van der Waals surface area contributed by atoms with Gasteiger partial charge >= 0.3 is 0 Å². The maximum atomic E-state index is 6.19. The largest absolute Gasteiger partial charge is 0.324 e. The Morgan fingerprint density at radius 1 is 1.53 bits per heavy atom. The van der Waals surface area contributed by atoms with Gasteiger partial charge in [-0.3, -0.25) is 0 Å². The molecule has 0 fully saturated rings. The van der Waals surface area contributed by atoms with E-state index in [0.717, 1.165) is 17.1 Å². The average molecular weight is 222 g/mol. The fraction of sp³-hybridized carbons (Fsp3) is 0.583. The van der Waals surface area contributed by atoms with Gasteiger partial charge in [0.2, 0.25) is 0 Å². The summed E-state index contributed by atoms with van der Waals surface area (Å²) < 4.78 is 0. The molecule has 82 valence electrons. The van der Waals surface area contributed by atoms with Gasteiger partial charge in [-0.1, -0.05) is 11.6 Å². The first-order valence-electron chi connectivity index (χ1n) is 5.61. The zero-order valence-corrected chi connectivity index (χ0v) is 10.0. The van der Waals surface area contributed by atoms with Crippen LogP contribution in [-0.2, 0) is 6.42 Å². The maximum absolute atomic E-state index is 6.19. The van der Waals surface area contributed by atoms with Crippen molar-refractivity contribution < 1.29 is 0 Å². The highest BCUT2D eigenvalue weighted by Gasteiger charge is 2.13. The molecule has 0 aromatic carbocycles. The Labute approximate surface area is 95.2 Å². The van der Waals surface area contributed by atoms with Crippen LogP contribution in [0.15, 0.2) is 17.0 Å². The number of hydrogen-bond donors (Lipinski definition) is 1. The smallest absolute Gasteiger partial charge is 0.0897 e. The second-order valence-corrected chi connectivity index (χ2v) is 5.26. The summed E-state index contributed by atoms with van der Waals surface area (Å²) in [5.74, 6) is 0. The molecule has 0 spiro atoms. The Bertz CT molecular complexity index is 354. The van der Waals surface area contributed by atoms with Crippen molar-refractivity contribution in [1.29, 1.82) is 0 Å². The van der Waals surface area contributed by atoms with E-state index in [2.05, 4.69) is 16.4 Å². The lowest BCUT2D eigenvalue weighted by molar-refractivity contribution is 0.627. The van der Waals surface area contributed by atoms with Crippen molar-refractivity contribution >= 4 is 11.3 Å². The molecule has 0 saturated carbocycles. The molecule has 2 N–H and O–H groups in total. The summed E-state index contributed by atoms with van der Waals surface area (Å²) in [6, 6.07) is 0.187. The first-order chi connectivity index (χ1) is 7.25. The van der Waals surface area contributed by atoms with Gasteiger partial charge in [-0.05, 0) is 32.6 Å². The molecule has 1 atom stereocenters. The summed E-state index contributed by atoms with van der Waals surface area (Å²) in [7, 11) is 0. The van der Waals surface area contributed by atoms with Crippen LogP contribution < -0.4 is 5.73 Å². The van der Waals surface area contributed by atoms with Crippen LogP contribution in [0.4, 0.5) is 0 Å². The Hall–Kier alpha value is -0.670. The highest BCUT2D eigenvalue weighted by molar-refractivity contribution is 7.09. The van der Waals surface area contributed by atoms with Crippen molar-refractivity contribution in [2.75, 3.05) is 0 Å². The van der Waals surface area contributed by atoms with Crippen LogP contribution in [0.1, 0.15) is 36.4 Å². The van der Waals surface area contributed by atoms with Crippen molar-refractivity contribution in [1.82, 2.24) is 4.98 Å². The molecule has 0 aliphatic heterocycles. The Balaban J connectivity index is 1.96. The van der Waals surface area contributed by atoms with E-state index in [4.69, 9.17) is 5.73 Å². The quantitative estimate of drug-likeness (QED) is 0.799. The van der Waals surface area contributed by atoms with Crippen molar-refractivity contribution in [3.05, 3.63) is 27.7 Å². The molecule has 2 nitrogen and oxygen atoms in total. The molecule has 3 heteroatoms. The standard InChI is InChI=1S/C12H18N2S/c1-9-14-11(8-15-9)7-12(13)10-5-3-2-4-6-10/h5,8,12H,2-4,6-7,13H2,1H3. The molecular weight excluding hydrogens is 204 g/mol. The molecule has 0 radical (unpaired) electrons. The molecule has 1 aromatic rings. The minimum absolute atomic E-state index is 0.187. The SMILES string of the molecule is Cc1nc(CC(N)C2=CCCCC2)cs1. The third-order valence-electron chi connectivity index (χ3n) is 2.90. The second kappa shape index (κ2) is 4.90. The lowest BCUT2D eigenvalue weighted by atomic mass is 9.92. The van der Waals surface area contributed by atoms with Gasteiger partial charge in [-0.2, -0.15) is 0 Å². The number of aryl methyl sites for hydroxylation is 1. The molecule has 1 aliphatic carbocycles. The molecule has 0 bridgehead atoms. The third kappa shape index (κ3) is 2.89. The van der Waals surface area contributed by atoms with Gasteiger partial charge in [0.25, 0.3) is 0 Å². The van der Waals surface area contributed by atoms with Crippen LogP contribution in [0.25, 0.3) is 0 Å². The predicted octanol–water partition coefficient (Wildman–Crippen LogP) is 2.82. The van der Waals surface area contributed by atoms with Crippen molar-refractivity contribution in [3.8, 4) is 0 Å². The van der Waals surface area contributed by atoms with Gasteiger partial charge in [-0.15, -0.1) is 11.3 Å². The first kappa shape index (κ1) is 10.8. The number of nitrogens with two attached hydrogens (primary N) is 1. The van der Waals surface area contributed by atoms with E-state index in [0.29, 0.717) is 0 Å². The van der Waals surface area contributed by atoms with E-state index in [9.17, 15) is 0 Å². The zero-order chi connectivity index (χ0) is 10.7. The molecule has 2 rings (SSSR count). The van der Waals surface area contributed by atoms with Crippen molar-refractivity contribution in [3.63, 3.8) is 0 Å². The van der Waals surface area contributed by atoms with E-state index < -0.39 is 0 Å². The van der Waals surface area contributed by atoms with E-state index in [1.54, 1.807) is 11.3 Å². The summed E-state index contributed by atoms with van der Waals surface area (Å²) in [5, 5.41) is 3.26. The highest BCUT2D eigenvalue weighted by Crippen LogP contribution is 2.21. The van der Waals surface area contributed by atoms with Crippen LogP contribution >= 0.6 is 11.3 Å². The topological polar surface area (TPSA) is 38.9 Å². The average Bonchev–Trinajstić information content (AvgIpc) is 2.65. The van der Waals surface area contributed by atoms with Gasteiger partial charge < -0.3 is 5.73 Å². The number of allylic oxidation sites excluding steroid dienone is 1. The van der Waals surface area contributed by atoms with Gasteiger partial charge in [0.1, 0.15) is 0 Å². The molecule has 0 amide bonds. The summed E-state index contributed by atoms with van der Waals surface area (Å²) in [4.78, 5) is 4.46. The number of rotatable bonds is 3. The normalized spacial score (nSPS) is 18.7. The van der Waals surface area contributed by atoms with Gasteiger partial charge in [0, 0.05) is 17.8 Å². The Kier molecular flexibility index (Phi) is 3.54. The number of thiazole rings is 1. The van der Waals surface area contributed by atoms with E-state index >= 15 is 0 Å². The number of hydrogen-bond acceptors (Lipinski definition) is 3. The first-order valence-corrected chi connectivity index (χ1v) is 6.49. The molecule has 15 heavy (non-hydrogen) atoms. The van der Waals surface area contributed by atoms with E-state index in [1.807, 2.05) is 6.92 Å². The van der Waals surface area contributed by atoms with Crippen LogP contribution in [0.3, 0.4) is 0 Å². The number of nitrogens with zero attached hydrogens (tertiary/aromatic N) is 1. The van der Waals surface area contributed by atoms with Crippen LogP contribution in [0.2, 0.25) is 0 Å². The monoisotopic (exact) mass is 222 g/mol. The Morgan fingerprint density at radius 2 is 2.40 bits per heavy atom. The van der Waals surface area contributed by atoms with Gasteiger partial charge in [-0.25, -0.2) is 4.98 Å². The molecule has 1 aromatic heterocycles. The maximum Gasteiger partial charge on any atom is 0.0897 e. The van der Waals surface area contributed by atoms with Crippen LogP contribution in [0, 0.1) is 6.92 Å². The molecule has 0 saturated heterocycles. The van der Waals surface area contributed by atoms with Crippen molar-refractivity contribution in [2.45, 2.75) is 45.1 Å². The highest BCUT2D eigenvalue weighted by atomic mass is 32.1. The lowest BCUT2D eigenvalue weighted by Gasteiger charge is -2.18. The minimum atomic E-state index is 0.187. The number of aromatic nitrogens is 1. The Morgan fingerprint density at radius 3 is 3.00 bits per heavy atom. The summed E-state index contributed by atoms with van der Waals surface area (Å²) in [6.45, 7) is 2.04. The van der Waals surface area contributed by atoms with E-state index in [1.165, 1.54) is 31.3 Å². The zero-order valence-electron chi connectivity index (χ0n) is 9.20. The minimum Gasteiger partial charge on any atom is -0.324 e. The van der Waals surface area contributed by atoms with Crippen LogP contribution in [-0.4, -0.2) is 11.0 Å². The second-order valence-electron chi connectivity index (χ2n) is 4.19. The fourth-order valence-corrected chi connectivity index (χ4v) is 2.68. The molecule has 1 unspecified atom stereocenters. The third-order valence-corrected chi connectivity index (χ3v) is 3.72. The summed E-state index contributed by atoms with van der Waals surface area (Å²) >= 11 is 1.71. The summed E-state index contributed by atoms with van der Waals surface area (Å²) in [5.41, 5.74) is 8.77. The fourth-order valence-electron chi connectivity index (χ4n) is 2.06. The lowest BCUT2D eigenvalue weighted by Crippen LogP contribution is -2.26.